The van der Waals surface area contributed by atoms with E-state index >= 15 is 0 Å². The van der Waals surface area contributed by atoms with E-state index in [2.05, 4.69) is 16.1 Å². The van der Waals surface area contributed by atoms with Crippen LogP contribution in [0.5, 0.6) is 0 Å². The van der Waals surface area contributed by atoms with Crippen LogP contribution < -0.4 is 0 Å². The molecule has 0 saturated heterocycles. The summed E-state index contributed by atoms with van der Waals surface area (Å²) < 4.78 is 9.06. The minimum atomic E-state index is -0.856. The molecule has 0 aliphatic rings. The minimum absolute atomic E-state index is 0.270. The van der Waals surface area contributed by atoms with E-state index in [0.29, 0.717) is 0 Å². The molecule has 0 spiro atoms. The Hall–Kier alpha value is -1.32. The molecule has 4 nitrogen and oxygen atoms in total. The zero-order valence-corrected chi connectivity index (χ0v) is 7.20. The van der Waals surface area contributed by atoms with Gasteiger partial charge in [0, 0.05) is 13.3 Å². The smallest absolute Gasteiger partial charge is 0.347 e. The van der Waals surface area contributed by atoms with Crippen molar-refractivity contribution in [3.05, 3.63) is 12.7 Å². The lowest BCUT2D eigenvalue weighted by Crippen LogP contribution is -2.26. The highest BCUT2D eigenvalue weighted by Gasteiger charge is 2.20. The maximum atomic E-state index is 10.9. The Morgan fingerprint density at radius 3 is 2.50 bits per heavy atom. The Morgan fingerprint density at radius 1 is 1.58 bits per heavy atom. The van der Waals surface area contributed by atoms with E-state index < -0.39 is 18.0 Å². The van der Waals surface area contributed by atoms with Crippen molar-refractivity contribution < 1.29 is 19.1 Å². The molecule has 0 amide bonds. The van der Waals surface area contributed by atoms with Crippen molar-refractivity contribution in [1.82, 2.24) is 0 Å². The molecule has 0 N–H and O–H groups in total. The molecule has 0 fully saturated rings. The van der Waals surface area contributed by atoms with Crippen LogP contribution in [0.15, 0.2) is 12.7 Å². The lowest BCUT2D eigenvalue weighted by molar-refractivity contribution is -0.164. The van der Waals surface area contributed by atoms with Gasteiger partial charge in [-0.2, -0.15) is 0 Å². The van der Waals surface area contributed by atoms with Gasteiger partial charge in [-0.3, -0.25) is 4.79 Å². The second kappa shape index (κ2) is 5.35. The largest absolute Gasteiger partial charge is 0.466 e. The van der Waals surface area contributed by atoms with Crippen LogP contribution in [0.3, 0.4) is 0 Å². The predicted molar refractivity (Wildman–Crippen MR) is 42.4 cm³/mol. The number of rotatable bonds is 4. The van der Waals surface area contributed by atoms with E-state index in [1.54, 1.807) is 0 Å². The normalized spacial score (nSPS) is 11.5. The molecule has 0 aromatic heterocycles. The Labute approximate surface area is 71.2 Å². The van der Waals surface area contributed by atoms with Gasteiger partial charge in [0.15, 0.2) is 0 Å². The summed E-state index contributed by atoms with van der Waals surface area (Å²) >= 11 is 0. The average Bonchev–Trinajstić information content (AvgIpc) is 2.01. The van der Waals surface area contributed by atoms with Gasteiger partial charge >= 0.3 is 11.9 Å². The minimum Gasteiger partial charge on any atom is -0.466 e. The summed E-state index contributed by atoms with van der Waals surface area (Å²) in [6.07, 6.45) is 0.904. The van der Waals surface area contributed by atoms with Crippen LogP contribution in [0.25, 0.3) is 0 Å². The number of carbonyl (C=O) groups excluding carboxylic acids is 2. The summed E-state index contributed by atoms with van der Waals surface area (Å²) in [5, 5.41) is 0. The quantitative estimate of drug-likeness (QED) is 0.462. The van der Waals surface area contributed by atoms with E-state index in [9.17, 15) is 9.59 Å². The third-order valence-electron chi connectivity index (χ3n) is 1.15. The van der Waals surface area contributed by atoms with Crippen LogP contribution in [-0.4, -0.2) is 25.2 Å². The van der Waals surface area contributed by atoms with Crippen molar-refractivity contribution in [2.75, 3.05) is 7.11 Å². The molecule has 0 heterocycles. The third kappa shape index (κ3) is 3.75. The van der Waals surface area contributed by atoms with Crippen LogP contribution in [0.2, 0.25) is 0 Å². The van der Waals surface area contributed by atoms with Crippen molar-refractivity contribution in [1.29, 1.82) is 0 Å². The van der Waals surface area contributed by atoms with Gasteiger partial charge in [-0.15, -0.1) is 6.58 Å². The zero-order chi connectivity index (χ0) is 9.56. The number of methoxy groups -OCH3 is 1. The van der Waals surface area contributed by atoms with E-state index in [1.165, 1.54) is 20.1 Å². The molecule has 0 aromatic carbocycles. The summed E-state index contributed by atoms with van der Waals surface area (Å²) in [5.74, 6) is -1.07. The number of ether oxygens (including phenoxy) is 2. The summed E-state index contributed by atoms with van der Waals surface area (Å²) in [6, 6.07) is 0. The van der Waals surface area contributed by atoms with Gasteiger partial charge < -0.3 is 9.47 Å². The summed E-state index contributed by atoms with van der Waals surface area (Å²) in [5.41, 5.74) is 0. The van der Waals surface area contributed by atoms with E-state index in [1.807, 2.05) is 0 Å². The number of hydrogen-bond donors (Lipinski definition) is 0. The molecule has 0 rings (SSSR count). The van der Waals surface area contributed by atoms with Gasteiger partial charge in [0.1, 0.15) is 0 Å². The molecule has 0 aliphatic heterocycles. The Bertz CT molecular complexity index is 185. The highest BCUT2D eigenvalue weighted by Crippen LogP contribution is 2.01. The van der Waals surface area contributed by atoms with Gasteiger partial charge in [-0.1, -0.05) is 6.08 Å². The summed E-state index contributed by atoms with van der Waals surface area (Å²) in [4.78, 5) is 21.4. The molecule has 0 bridgehead atoms. The summed E-state index contributed by atoms with van der Waals surface area (Å²) in [6.45, 7) is 4.66. The molecule has 0 aliphatic carbocycles. The maximum Gasteiger partial charge on any atom is 0.347 e. The molecule has 68 valence electrons. The number of esters is 2. The highest BCUT2D eigenvalue weighted by molar-refractivity contribution is 5.78. The van der Waals surface area contributed by atoms with Crippen LogP contribution in [0.4, 0.5) is 0 Å². The van der Waals surface area contributed by atoms with Gasteiger partial charge in [0.05, 0.1) is 7.11 Å². The molecule has 0 saturated carbocycles. The monoisotopic (exact) mass is 172 g/mol. The first kappa shape index (κ1) is 10.7. The fraction of sp³-hybridized carbons (Fsp3) is 0.500. The predicted octanol–water partition coefficient (Wildman–Crippen LogP) is 0.667. The molecular weight excluding hydrogens is 160 g/mol. The molecule has 0 unspecified atom stereocenters. The highest BCUT2D eigenvalue weighted by atomic mass is 16.6. The van der Waals surface area contributed by atoms with Gasteiger partial charge in [0.25, 0.3) is 0 Å². The van der Waals surface area contributed by atoms with Crippen molar-refractivity contribution in [3.63, 3.8) is 0 Å². The maximum absolute atomic E-state index is 10.9. The molecular formula is C8H12O4. The van der Waals surface area contributed by atoms with Gasteiger partial charge in [-0.25, -0.2) is 4.79 Å². The molecule has 0 radical (unpaired) electrons. The standard InChI is InChI=1S/C8H12O4/c1-4-5-7(8(10)11-3)12-6(2)9/h4,7H,1,5H2,2-3H3/t7-/m0/s1. The van der Waals surface area contributed by atoms with Crippen LogP contribution >= 0.6 is 0 Å². The Kier molecular flexibility index (Phi) is 4.76. The second-order valence-corrected chi connectivity index (χ2v) is 2.15. The van der Waals surface area contributed by atoms with Crippen molar-refractivity contribution >= 4 is 11.9 Å². The van der Waals surface area contributed by atoms with Gasteiger partial charge in [0.2, 0.25) is 6.10 Å². The van der Waals surface area contributed by atoms with Gasteiger partial charge in [-0.05, 0) is 0 Å². The van der Waals surface area contributed by atoms with E-state index in [-0.39, 0.29) is 6.42 Å². The first-order chi connectivity index (χ1) is 5.61. The van der Waals surface area contributed by atoms with Crippen molar-refractivity contribution in [3.8, 4) is 0 Å². The molecule has 12 heavy (non-hydrogen) atoms. The first-order valence-electron chi connectivity index (χ1n) is 3.47. The molecule has 1 atom stereocenters. The second-order valence-electron chi connectivity index (χ2n) is 2.15. The Morgan fingerprint density at radius 2 is 2.17 bits per heavy atom. The first-order valence-corrected chi connectivity index (χ1v) is 3.47. The van der Waals surface area contributed by atoms with Crippen LogP contribution in [0, 0.1) is 0 Å². The zero-order valence-electron chi connectivity index (χ0n) is 7.20. The van der Waals surface area contributed by atoms with Crippen molar-refractivity contribution in [2.45, 2.75) is 19.4 Å². The lowest BCUT2D eigenvalue weighted by atomic mass is 10.2. The third-order valence-corrected chi connectivity index (χ3v) is 1.15. The van der Waals surface area contributed by atoms with Crippen molar-refractivity contribution in [2.24, 2.45) is 0 Å². The fourth-order valence-corrected chi connectivity index (χ4v) is 0.676. The average molecular weight is 172 g/mol. The lowest BCUT2D eigenvalue weighted by Gasteiger charge is -2.11. The molecule has 4 heteroatoms. The van der Waals surface area contributed by atoms with Crippen LogP contribution in [-0.2, 0) is 19.1 Å². The summed E-state index contributed by atoms with van der Waals surface area (Å²) in [7, 11) is 1.24. The number of hydrogen-bond acceptors (Lipinski definition) is 4. The van der Waals surface area contributed by atoms with E-state index in [0.717, 1.165) is 0 Å². The SMILES string of the molecule is C=CC[C@H](OC(C)=O)C(=O)OC. The van der Waals surface area contributed by atoms with E-state index in [4.69, 9.17) is 0 Å². The molecule has 0 aromatic rings. The van der Waals surface area contributed by atoms with Crippen LogP contribution in [0.1, 0.15) is 13.3 Å². The topological polar surface area (TPSA) is 52.6 Å². The fourth-order valence-electron chi connectivity index (χ4n) is 0.676. The Balaban J connectivity index is 4.11. The number of carbonyl (C=O) groups is 2.